The van der Waals surface area contributed by atoms with Crippen molar-refractivity contribution >= 4 is 67.2 Å². The van der Waals surface area contributed by atoms with Crippen LogP contribution in [0.4, 0.5) is 5.69 Å². The Kier molecular flexibility index (Phi) is 11.7. The van der Waals surface area contributed by atoms with Crippen LogP contribution in [-0.4, -0.2) is 13.0 Å². The zero-order valence-electron chi connectivity index (χ0n) is 30.6. The van der Waals surface area contributed by atoms with Crippen molar-refractivity contribution in [3.8, 4) is 22.3 Å². The summed E-state index contributed by atoms with van der Waals surface area (Å²) in [5, 5.41) is 16.4. The van der Waals surface area contributed by atoms with Gasteiger partial charge in [-0.2, -0.15) is 8.90 Å². The van der Waals surface area contributed by atoms with Gasteiger partial charge in [0.1, 0.15) is 14.8 Å². The van der Waals surface area contributed by atoms with Crippen LogP contribution in [0.15, 0.2) is 177 Å². The van der Waals surface area contributed by atoms with Gasteiger partial charge < -0.3 is 14.7 Å². The zero-order valence-corrected chi connectivity index (χ0v) is 33.9. The van der Waals surface area contributed by atoms with Crippen LogP contribution in [0.5, 0.6) is 0 Å². The van der Waals surface area contributed by atoms with Crippen LogP contribution in [0.3, 0.4) is 0 Å². The SMILES string of the molecule is CCC(=Cc1sc2ccc(-c3ccccc3)cc2[n+]1Cc1ccccc1SOO[O-])C=C1Sc2ccc(-c3ccccc3)cc2N1Cc1ccccc1S(=O)(=O)[O-]. The first-order valence-corrected chi connectivity index (χ1v) is 21.9. The number of anilines is 1. The zero-order chi connectivity index (χ0) is 39.4. The second-order valence-corrected chi connectivity index (χ2v) is 17.5. The maximum atomic E-state index is 12.4. The van der Waals surface area contributed by atoms with Crippen molar-refractivity contribution < 1.29 is 32.2 Å². The van der Waals surface area contributed by atoms with E-state index >= 15 is 0 Å². The van der Waals surface area contributed by atoms with Crippen LogP contribution in [0.25, 0.3) is 38.5 Å². The summed E-state index contributed by atoms with van der Waals surface area (Å²) in [5.41, 5.74) is 8.74. The molecule has 0 radical (unpaired) electrons. The first-order valence-electron chi connectivity index (χ1n) is 18.1. The number of hydrogen-bond acceptors (Lipinski definition) is 10. The van der Waals surface area contributed by atoms with Gasteiger partial charge in [0.05, 0.1) is 27.7 Å². The normalized spacial score (nSPS) is 13.8. The monoisotopic (exact) mass is 827 g/mol. The average molecular weight is 828 g/mol. The van der Waals surface area contributed by atoms with Crippen LogP contribution < -0.4 is 14.7 Å². The number of hydrogen-bond donors (Lipinski definition) is 0. The Morgan fingerprint density at radius 2 is 1.44 bits per heavy atom. The summed E-state index contributed by atoms with van der Waals surface area (Å²) in [6, 6.07) is 47.4. The van der Waals surface area contributed by atoms with E-state index in [-0.39, 0.29) is 11.4 Å². The molecule has 0 unspecified atom stereocenters. The number of thiazole rings is 1. The van der Waals surface area contributed by atoms with Gasteiger partial charge in [0.25, 0.3) is 5.01 Å². The highest BCUT2D eigenvalue weighted by Crippen LogP contribution is 2.49. The average Bonchev–Trinajstić information content (AvgIpc) is 3.75. The van der Waals surface area contributed by atoms with Crippen LogP contribution in [0.2, 0.25) is 0 Å². The number of fused-ring (bicyclic) bond motifs is 2. The fourth-order valence-electron chi connectivity index (χ4n) is 6.91. The molecule has 0 amide bonds. The maximum Gasteiger partial charge on any atom is 0.263 e. The van der Waals surface area contributed by atoms with Gasteiger partial charge in [-0.05, 0) is 76.2 Å². The van der Waals surface area contributed by atoms with Gasteiger partial charge in [-0.3, -0.25) is 5.04 Å². The molecule has 6 aromatic carbocycles. The molecule has 0 bridgehead atoms. The van der Waals surface area contributed by atoms with Crippen LogP contribution >= 0.6 is 35.1 Å². The second-order valence-electron chi connectivity index (χ2n) is 13.3. The van der Waals surface area contributed by atoms with Crippen molar-refractivity contribution in [2.75, 3.05) is 4.90 Å². The van der Waals surface area contributed by atoms with Crippen molar-refractivity contribution in [2.24, 2.45) is 0 Å². The molecule has 2 heterocycles. The summed E-state index contributed by atoms with van der Waals surface area (Å²) in [4.78, 5) is 3.68. The first kappa shape index (κ1) is 38.8. The van der Waals surface area contributed by atoms with E-state index in [4.69, 9.17) is 4.33 Å². The summed E-state index contributed by atoms with van der Waals surface area (Å²) in [7, 11) is -4.71. The lowest BCUT2D eigenvalue weighted by molar-refractivity contribution is -0.777. The molecule has 12 heteroatoms. The molecule has 8 rings (SSSR count). The molecule has 0 N–H and O–H groups in total. The topological polar surface area (TPSA) is 106 Å². The molecular weight excluding hydrogens is 793 g/mol. The predicted octanol–water partition coefficient (Wildman–Crippen LogP) is 10.2. The molecule has 286 valence electrons. The summed E-state index contributed by atoms with van der Waals surface area (Å²) < 4.78 is 45.3. The number of rotatable bonds is 13. The lowest BCUT2D eigenvalue weighted by atomic mass is 10.0. The predicted molar refractivity (Wildman–Crippen MR) is 226 cm³/mol. The molecule has 8 nitrogen and oxygen atoms in total. The van der Waals surface area contributed by atoms with Gasteiger partial charge in [-0.25, -0.2) is 8.42 Å². The molecule has 1 aliphatic rings. The third-order valence-corrected chi connectivity index (χ3v) is 13.6. The maximum absolute atomic E-state index is 12.4. The second kappa shape index (κ2) is 17.2. The number of thioether (sulfide) groups is 1. The summed E-state index contributed by atoms with van der Waals surface area (Å²) >= 11 is 4.19. The van der Waals surface area contributed by atoms with Crippen molar-refractivity contribution in [2.45, 2.75) is 41.1 Å². The molecule has 0 spiro atoms. The molecule has 7 aromatic rings. The molecular formula is C45H35N2O6S4-. The molecule has 0 fully saturated rings. The highest BCUT2D eigenvalue weighted by molar-refractivity contribution is 8.03. The van der Waals surface area contributed by atoms with E-state index in [9.17, 15) is 18.2 Å². The highest BCUT2D eigenvalue weighted by Gasteiger charge is 2.28. The Balaban J connectivity index is 1.25. The first-order chi connectivity index (χ1) is 27.8. The van der Waals surface area contributed by atoms with Crippen molar-refractivity contribution in [3.63, 3.8) is 0 Å². The lowest BCUT2D eigenvalue weighted by Crippen LogP contribution is -2.36. The minimum atomic E-state index is -4.71. The molecule has 1 aliphatic heterocycles. The van der Waals surface area contributed by atoms with Crippen LogP contribution in [0.1, 0.15) is 29.5 Å². The van der Waals surface area contributed by atoms with Gasteiger partial charge in [0, 0.05) is 34.0 Å². The fourth-order valence-corrected chi connectivity index (χ4v) is 10.3. The van der Waals surface area contributed by atoms with E-state index < -0.39 is 10.1 Å². The van der Waals surface area contributed by atoms with E-state index in [1.54, 1.807) is 41.3 Å². The van der Waals surface area contributed by atoms with Gasteiger partial charge >= 0.3 is 0 Å². The fraction of sp³-hybridized carbons (Fsp3) is 0.0889. The van der Waals surface area contributed by atoms with Crippen molar-refractivity contribution in [3.05, 3.63) is 178 Å². The van der Waals surface area contributed by atoms with E-state index in [1.807, 2.05) is 60.7 Å². The molecule has 0 aliphatic carbocycles. The third-order valence-electron chi connectivity index (χ3n) is 9.72. The Hall–Kier alpha value is -5.02. The quantitative estimate of drug-likeness (QED) is 0.0369. The lowest BCUT2D eigenvalue weighted by Gasteiger charge is -2.23. The molecule has 57 heavy (non-hydrogen) atoms. The van der Waals surface area contributed by atoms with Crippen molar-refractivity contribution in [1.29, 1.82) is 0 Å². The number of benzene rings is 6. The van der Waals surface area contributed by atoms with Crippen molar-refractivity contribution in [1.82, 2.24) is 0 Å². The summed E-state index contributed by atoms with van der Waals surface area (Å²) in [6.45, 7) is 2.80. The minimum Gasteiger partial charge on any atom is -0.744 e. The Bertz CT molecular complexity index is 2730. The number of allylic oxidation sites excluding steroid dienone is 2. The molecule has 0 atom stereocenters. The van der Waals surface area contributed by atoms with Gasteiger partial charge in [-0.15, -0.1) is 0 Å². The van der Waals surface area contributed by atoms with E-state index in [0.29, 0.717) is 18.5 Å². The van der Waals surface area contributed by atoms with Gasteiger partial charge in [0.15, 0.2) is 6.54 Å². The van der Waals surface area contributed by atoms with E-state index in [0.717, 1.165) is 81.2 Å². The molecule has 0 saturated carbocycles. The third kappa shape index (κ3) is 8.64. The summed E-state index contributed by atoms with van der Waals surface area (Å²) in [5.74, 6) is 0. The Morgan fingerprint density at radius 1 is 0.789 bits per heavy atom. The largest absolute Gasteiger partial charge is 0.744 e. The Morgan fingerprint density at radius 3 is 2.14 bits per heavy atom. The minimum absolute atomic E-state index is 0.188. The van der Waals surface area contributed by atoms with Crippen LogP contribution in [-0.2, 0) is 32.6 Å². The molecule has 0 saturated heterocycles. The van der Waals surface area contributed by atoms with E-state index in [2.05, 4.69) is 94.2 Å². The van der Waals surface area contributed by atoms with Gasteiger partial charge in [-0.1, -0.05) is 139 Å². The summed E-state index contributed by atoms with van der Waals surface area (Å²) in [6.07, 6.45) is 5.08. The van der Waals surface area contributed by atoms with Gasteiger partial charge in [0.2, 0.25) is 5.52 Å². The number of nitrogens with zero attached hydrogens (tertiary/aromatic N) is 2. The Labute approximate surface area is 344 Å². The number of aromatic nitrogens is 1. The standard InChI is InChI=1S/C45H36N2O6S4/c1-2-31(25-44-46(29-36-17-9-11-19-40(36)56-53-52-48)38-27-34(21-23-41(38)54-44)32-13-5-3-6-14-32)26-45-47(30-37-18-10-12-20-43(37)57(49,50)51)39-28-35(22-24-42(39)55-45)33-15-7-4-8-16-33/h3-28H,2,29-30H2,1H3,(H-,48,49,50,51)/p-1. The van der Waals surface area contributed by atoms with E-state index in [1.165, 1.54) is 6.07 Å². The smallest absolute Gasteiger partial charge is 0.263 e. The highest BCUT2D eigenvalue weighted by atomic mass is 32.2. The van der Waals surface area contributed by atoms with Crippen LogP contribution in [0, 0.1) is 0 Å². The molecule has 1 aromatic heterocycles.